The van der Waals surface area contributed by atoms with E-state index in [9.17, 15) is 13.2 Å². The maximum Gasteiger partial charge on any atom is 0.339 e. The lowest BCUT2D eigenvalue weighted by atomic mass is 10.2. The summed E-state index contributed by atoms with van der Waals surface area (Å²) in [4.78, 5) is 14.1. The van der Waals surface area contributed by atoms with Gasteiger partial charge in [-0.3, -0.25) is 0 Å². The second-order valence-electron chi connectivity index (χ2n) is 5.11. The van der Waals surface area contributed by atoms with Crippen molar-refractivity contribution in [1.29, 1.82) is 0 Å². The summed E-state index contributed by atoms with van der Waals surface area (Å²) in [6, 6.07) is 5.51. The Morgan fingerprint density at radius 2 is 2.00 bits per heavy atom. The average Bonchev–Trinajstić information content (AvgIpc) is 2.47. The number of carbonyl (C=O) groups excluding carboxylic acids is 1. The molecule has 0 unspecified atom stereocenters. The van der Waals surface area contributed by atoms with Gasteiger partial charge in [-0.2, -0.15) is 0 Å². The zero-order valence-electron chi connectivity index (χ0n) is 11.9. The molecule has 8 heteroatoms. The van der Waals surface area contributed by atoms with Crippen molar-refractivity contribution in [3.05, 3.63) is 31.8 Å². The molecule has 122 valence electrons. The minimum Gasteiger partial charge on any atom is -0.462 e. The third-order valence-electron chi connectivity index (χ3n) is 3.44. The maximum absolute atomic E-state index is 12.0. The third kappa shape index (κ3) is 5.47. The van der Waals surface area contributed by atoms with Crippen LogP contribution in [0.1, 0.15) is 16.8 Å². The molecule has 0 spiro atoms. The minimum absolute atomic E-state index is 0.224. The summed E-state index contributed by atoms with van der Waals surface area (Å²) < 4.78 is 29.6. The SMILES string of the molecule is O=C(OCCCN1CCS(=O)(=O)CC1)c1cc(I)ccc1Br. The molecule has 0 aliphatic carbocycles. The van der Waals surface area contributed by atoms with Gasteiger partial charge in [0.2, 0.25) is 0 Å². The van der Waals surface area contributed by atoms with Gasteiger partial charge in [0.15, 0.2) is 9.84 Å². The highest BCUT2D eigenvalue weighted by Crippen LogP contribution is 2.20. The van der Waals surface area contributed by atoms with E-state index in [1.54, 1.807) is 6.07 Å². The van der Waals surface area contributed by atoms with Crippen LogP contribution in [-0.4, -0.2) is 57.0 Å². The van der Waals surface area contributed by atoms with Crippen LogP contribution in [0, 0.1) is 3.57 Å². The van der Waals surface area contributed by atoms with Crippen molar-refractivity contribution in [1.82, 2.24) is 4.90 Å². The van der Waals surface area contributed by atoms with Crippen LogP contribution < -0.4 is 0 Å². The van der Waals surface area contributed by atoms with Crippen LogP contribution in [0.25, 0.3) is 0 Å². The molecule has 0 radical (unpaired) electrons. The summed E-state index contributed by atoms with van der Waals surface area (Å²) in [7, 11) is -2.84. The van der Waals surface area contributed by atoms with Gasteiger partial charge in [-0.25, -0.2) is 13.2 Å². The normalized spacial score (nSPS) is 18.1. The molecule has 5 nitrogen and oxygen atoms in total. The van der Waals surface area contributed by atoms with Crippen molar-refractivity contribution in [2.45, 2.75) is 6.42 Å². The first-order valence-electron chi connectivity index (χ1n) is 6.92. The number of esters is 1. The molecule has 1 aliphatic rings. The Balaban J connectivity index is 1.73. The zero-order valence-corrected chi connectivity index (χ0v) is 16.5. The molecular formula is C14H17BrINO4S. The summed E-state index contributed by atoms with van der Waals surface area (Å²) in [6.07, 6.45) is 0.702. The first kappa shape index (κ1) is 18.2. The fraction of sp³-hybridized carbons (Fsp3) is 0.500. The Labute approximate surface area is 152 Å². The molecule has 1 fully saturated rings. The minimum atomic E-state index is -2.84. The van der Waals surface area contributed by atoms with Gasteiger partial charge in [-0.15, -0.1) is 0 Å². The number of benzene rings is 1. The van der Waals surface area contributed by atoms with Crippen molar-refractivity contribution < 1.29 is 17.9 Å². The quantitative estimate of drug-likeness (QED) is 0.352. The molecule has 22 heavy (non-hydrogen) atoms. The van der Waals surface area contributed by atoms with Crippen LogP contribution in [0.5, 0.6) is 0 Å². The molecule has 0 amide bonds. The maximum atomic E-state index is 12.0. The van der Waals surface area contributed by atoms with E-state index >= 15 is 0 Å². The van der Waals surface area contributed by atoms with Crippen LogP contribution >= 0.6 is 38.5 Å². The van der Waals surface area contributed by atoms with Crippen LogP contribution in [0.4, 0.5) is 0 Å². The standard InChI is InChI=1S/C14H17BrINO4S/c15-13-3-2-11(16)10-12(13)14(18)21-7-1-4-17-5-8-22(19,20)9-6-17/h2-3,10H,1,4-9H2. The largest absolute Gasteiger partial charge is 0.462 e. The predicted octanol–water partition coefficient (Wildman–Crippen LogP) is 2.33. The Hall–Kier alpha value is -0.190. The van der Waals surface area contributed by atoms with Gasteiger partial charge in [-0.1, -0.05) is 0 Å². The van der Waals surface area contributed by atoms with E-state index in [0.717, 1.165) is 14.6 Å². The molecule has 1 aromatic rings. The molecule has 0 saturated carbocycles. The Kier molecular flexibility index (Phi) is 6.66. The highest BCUT2D eigenvalue weighted by molar-refractivity contribution is 14.1. The van der Waals surface area contributed by atoms with Gasteiger partial charge in [0, 0.05) is 27.7 Å². The summed E-state index contributed by atoms with van der Waals surface area (Å²) in [5, 5.41) is 0. The van der Waals surface area contributed by atoms with Crippen LogP contribution in [0.3, 0.4) is 0 Å². The van der Waals surface area contributed by atoms with E-state index in [0.29, 0.717) is 31.7 Å². The van der Waals surface area contributed by atoms with Crippen LogP contribution in [-0.2, 0) is 14.6 Å². The molecule has 1 aromatic carbocycles. The highest BCUT2D eigenvalue weighted by Gasteiger charge is 2.21. The van der Waals surface area contributed by atoms with Gasteiger partial charge < -0.3 is 9.64 Å². The van der Waals surface area contributed by atoms with Gasteiger partial charge in [0.1, 0.15) is 0 Å². The predicted molar refractivity (Wildman–Crippen MR) is 96.9 cm³/mol. The fourth-order valence-electron chi connectivity index (χ4n) is 2.16. The number of sulfone groups is 1. The monoisotopic (exact) mass is 501 g/mol. The van der Waals surface area contributed by atoms with E-state index in [2.05, 4.69) is 43.4 Å². The smallest absolute Gasteiger partial charge is 0.339 e. The van der Waals surface area contributed by atoms with E-state index in [4.69, 9.17) is 4.74 Å². The molecule has 1 aliphatic heterocycles. The van der Waals surface area contributed by atoms with Crippen molar-refractivity contribution in [3.63, 3.8) is 0 Å². The lowest BCUT2D eigenvalue weighted by Crippen LogP contribution is -2.40. The van der Waals surface area contributed by atoms with Crippen molar-refractivity contribution in [2.75, 3.05) is 37.7 Å². The number of hydrogen-bond donors (Lipinski definition) is 0. The number of ether oxygens (including phenoxy) is 1. The molecule has 0 aromatic heterocycles. The van der Waals surface area contributed by atoms with Gasteiger partial charge >= 0.3 is 5.97 Å². The number of carbonyl (C=O) groups is 1. The van der Waals surface area contributed by atoms with Gasteiger partial charge in [-0.05, 0) is 63.1 Å². The Morgan fingerprint density at radius 1 is 1.32 bits per heavy atom. The number of halogens is 2. The van der Waals surface area contributed by atoms with Crippen molar-refractivity contribution in [3.8, 4) is 0 Å². The average molecular weight is 502 g/mol. The summed E-state index contributed by atoms with van der Waals surface area (Å²) in [5.41, 5.74) is 0.524. The van der Waals surface area contributed by atoms with Crippen molar-refractivity contribution >= 4 is 54.3 Å². The van der Waals surface area contributed by atoms with E-state index in [-0.39, 0.29) is 17.5 Å². The molecular weight excluding hydrogens is 485 g/mol. The van der Waals surface area contributed by atoms with E-state index < -0.39 is 9.84 Å². The highest BCUT2D eigenvalue weighted by atomic mass is 127. The molecule has 1 heterocycles. The van der Waals surface area contributed by atoms with E-state index in [1.165, 1.54) is 0 Å². The Bertz CT molecular complexity index is 636. The number of hydrogen-bond acceptors (Lipinski definition) is 5. The second-order valence-corrected chi connectivity index (χ2v) is 9.51. The first-order valence-corrected chi connectivity index (χ1v) is 10.6. The van der Waals surface area contributed by atoms with Gasteiger partial charge in [0.05, 0.1) is 23.7 Å². The lowest BCUT2D eigenvalue weighted by molar-refractivity contribution is 0.0488. The second kappa shape index (κ2) is 8.07. The first-order chi connectivity index (χ1) is 10.4. The summed E-state index contributed by atoms with van der Waals surface area (Å²) >= 11 is 5.49. The Morgan fingerprint density at radius 3 is 2.68 bits per heavy atom. The molecule has 2 rings (SSSR count). The number of rotatable bonds is 5. The number of nitrogens with zero attached hydrogens (tertiary/aromatic N) is 1. The summed E-state index contributed by atoms with van der Waals surface area (Å²) in [5.74, 6) is 0.108. The molecule has 0 bridgehead atoms. The summed E-state index contributed by atoms with van der Waals surface area (Å²) in [6.45, 7) is 2.22. The van der Waals surface area contributed by atoms with Crippen molar-refractivity contribution in [2.24, 2.45) is 0 Å². The van der Waals surface area contributed by atoms with Crippen LogP contribution in [0.15, 0.2) is 22.7 Å². The molecule has 1 saturated heterocycles. The van der Waals surface area contributed by atoms with Gasteiger partial charge in [0.25, 0.3) is 0 Å². The lowest BCUT2D eigenvalue weighted by Gasteiger charge is -2.26. The van der Waals surface area contributed by atoms with E-state index in [1.807, 2.05) is 12.1 Å². The van der Waals surface area contributed by atoms with Crippen LogP contribution in [0.2, 0.25) is 0 Å². The topological polar surface area (TPSA) is 63.7 Å². The fourth-order valence-corrected chi connectivity index (χ4v) is 4.34. The third-order valence-corrected chi connectivity index (χ3v) is 6.41. The molecule has 0 atom stereocenters. The molecule has 0 N–H and O–H groups in total. The zero-order chi connectivity index (χ0) is 16.2.